The fraction of sp³-hybridized carbons (Fsp3) is 0.769. The molecule has 20 heavy (non-hydrogen) atoms. The maximum atomic E-state index is 12.1. The van der Waals surface area contributed by atoms with Crippen molar-refractivity contribution in [3.05, 3.63) is 12.4 Å². The first kappa shape index (κ1) is 15.5. The van der Waals surface area contributed by atoms with Crippen molar-refractivity contribution in [2.75, 3.05) is 19.6 Å². The molecule has 1 heterocycles. The molecular formula is C13H24N4O2S. The molecule has 114 valence electrons. The molecule has 2 atom stereocenters. The molecule has 1 aliphatic carbocycles. The summed E-state index contributed by atoms with van der Waals surface area (Å²) >= 11 is 0. The van der Waals surface area contributed by atoms with Gasteiger partial charge in [0, 0.05) is 19.3 Å². The van der Waals surface area contributed by atoms with Gasteiger partial charge in [-0.2, -0.15) is 5.10 Å². The maximum absolute atomic E-state index is 12.1. The van der Waals surface area contributed by atoms with Crippen molar-refractivity contribution in [3.8, 4) is 0 Å². The Morgan fingerprint density at radius 1 is 1.45 bits per heavy atom. The fourth-order valence-electron chi connectivity index (χ4n) is 2.08. The van der Waals surface area contributed by atoms with E-state index in [1.807, 2.05) is 0 Å². The van der Waals surface area contributed by atoms with Crippen LogP contribution in [0.2, 0.25) is 0 Å². The minimum absolute atomic E-state index is 0.251. The van der Waals surface area contributed by atoms with Crippen LogP contribution >= 0.6 is 0 Å². The summed E-state index contributed by atoms with van der Waals surface area (Å²) in [5.41, 5.74) is 0. The van der Waals surface area contributed by atoms with E-state index >= 15 is 0 Å². The lowest BCUT2D eigenvalue weighted by Crippen LogP contribution is -2.26. The Morgan fingerprint density at radius 3 is 2.85 bits per heavy atom. The summed E-state index contributed by atoms with van der Waals surface area (Å²) in [5.74, 6) is 1.14. The molecular weight excluding hydrogens is 276 g/mol. The Hall–Kier alpha value is -0.920. The first-order chi connectivity index (χ1) is 9.53. The predicted octanol–water partition coefficient (Wildman–Crippen LogP) is 0.817. The number of nitrogens with one attached hydrogen (secondary N) is 2. The van der Waals surface area contributed by atoms with Crippen LogP contribution in [0.5, 0.6) is 0 Å². The largest absolute Gasteiger partial charge is 0.315 e. The maximum Gasteiger partial charge on any atom is 0.243 e. The molecule has 7 heteroatoms. The number of rotatable bonds is 9. The van der Waals surface area contributed by atoms with Crippen LogP contribution in [0.4, 0.5) is 0 Å². The Bertz CT molecular complexity index is 526. The summed E-state index contributed by atoms with van der Waals surface area (Å²) in [4.78, 5) is 0.251. The highest BCUT2D eigenvalue weighted by molar-refractivity contribution is 7.89. The van der Waals surface area contributed by atoms with Crippen molar-refractivity contribution in [3.63, 3.8) is 0 Å². The van der Waals surface area contributed by atoms with Gasteiger partial charge in [0.15, 0.2) is 0 Å². The average Bonchev–Trinajstić information content (AvgIpc) is 2.90. The molecule has 1 saturated carbocycles. The lowest BCUT2D eigenvalue weighted by atomic mass is 10.3. The van der Waals surface area contributed by atoms with E-state index in [0.29, 0.717) is 24.9 Å². The van der Waals surface area contributed by atoms with Crippen LogP contribution in [-0.2, 0) is 16.6 Å². The molecule has 0 saturated heterocycles. The van der Waals surface area contributed by atoms with Crippen LogP contribution in [-0.4, -0.2) is 37.8 Å². The van der Waals surface area contributed by atoms with E-state index in [1.54, 1.807) is 10.9 Å². The lowest BCUT2D eigenvalue weighted by Gasteiger charge is -2.04. The van der Waals surface area contributed by atoms with Gasteiger partial charge in [-0.1, -0.05) is 13.8 Å². The van der Waals surface area contributed by atoms with Crippen molar-refractivity contribution in [2.24, 2.45) is 11.8 Å². The van der Waals surface area contributed by atoms with Gasteiger partial charge in [-0.15, -0.1) is 0 Å². The summed E-state index contributed by atoms with van der Waals surface area (Å²) < 4.78 is 28.5. The van der Waals surface area contributed by atoms with Crippen LogP contribution in [0.25, 0.3) is 0 Å². The van der Waals surface area contributed by atoms with Crippen molar-refractivity contribution < 1.29 is 8.42 Å². The van der Waals surface area contributed by atoms with E-state index in [9.17, 15) is 8.42 Å². The molecule has 2 rings (SSSR count). The fourth-order valence-corrected chi connectivity index (χ4v) is 3.13. The highest BCUT2D eigenvalue weighted by Gasteiger charge is 2.33. The van der Waals surface area contributed by atoms with Gasteiger partial charge in [0.1, 0.15) is 4.90 Å². The third kappa shape index (κ3) is 4.29. The lowest BCUT2D eigenvalue weighted by molar-refractivity contribution is 0.551. The van der Waals surface area contributed by atoms with Gasteiger partial charge in [-0.05, 0) is 31.2 Å². The monoisotopic (exact) mass is 300 g/mol. The zero-order valence-electron chi connectivity index (χ0n) is 12.2. The van der Waals surface area contributed by atoms with Crippen LogP contribution in [0, 0.1) is 11.8 Å². The van der Waals surface area contributed by atoms with Gasteiger partial charge in [0.2, 0.25) is 10.0 Å². The molecule has 1 fully saturated rings. The normalized spacial score (nSPS) is 22.1. The number of hydrogen-bond acceptors (Lipinski definition) is 4. The number of nitrogens with zero attached hydrogens (tertiary/aromatic N) is 2. The third-order valence-corrected chi connectivity index (χ3v) is 5.05. The second-order valence-electron chi connectivity index (χ2n) is 5.51. The summed E-state index contributed by atoms with van der Waals surface area (Å²) in [6.45, 7) is 7.22. The molecule has 0 aliphatic heterocycles. The predicted molar refractivity (Wildman–Crippen MR) is 77.8 cm³/mol. The Labute approximate surface area is 121 Å². The molecule has 1 aliphatic rings. The molecule has 1 aromatic rings. The minimum atomic E-state index is -3.41. The summed E-state index contributed by atoms with van der Waals surface area (Å²) in [7, 11) is -3.41. The second kappa shape index (κ2) is 6.69. The molecule has 0 radical (unpaired) electrons. The first-order valence-electron chi connectivity index (χ1n) is 7.25. The smallest absolute Gasteiger partial charge is 0.243 e. The number of sulfonamides is 1. The van der Waals surface area contributed by atoms with Crippen molar-refractivity contribution in [2.45, 2.75) is 38.1 Å². The standard InChI is InChI=1S/C13H24N4O2S/c1-3-4-14-5-6-17-10-13(9-15-17)20(18,19)16-8-12-7-11(12)2/h9-12,14,16H,3-8H2,1-2H3. The minimum Gasteiger partial charge on any atom is -0.315 e. The number of aromatic nitrogens is 2. The third-order valence-electron chi connectivity index (χ3n) is 3.68. The molecule has 6 nitrogen and oxygen atoms in total. The van der Waals surface area contributed by atoms with E-state index in [2.05, 4.69) is 29.0 Å². The van der Waals surface area contributed by atoms with Gasteiger partial charge < -0.3 is 5.32 Å². The molecule has 0 amide bonds. The van der Waals surface area contributed by atoms with Crippen LogP contribution in [0.15, 0.2) is 17.3 Å². The van der Waals surface area contributed by atoms with Crippen molar-refractivity contribution in [1.82, 2.24) is 19.8 Å². The van der Waals surface area contributed by atoms with E-state index in [-0.39, 0.29) is 4.90 Å². The molecule has 0 spiro atoms. The topological polar surface area (TPSA) is 76.0 Å². The van der Waals surface area contributed by atoms with Crippen LogP contribution < -0.4 is 10.0 Å². The first-order valence-corrected chi connectivity index (χ1v) is 8.74. The quantitative estimate of drug-likeness (QED) is 0.662. The Balaban J connectivity index is 1.83. The van der Waals surface area contributed by atoms with Crippen molar-refractivity contribution in [1.29, 1.82) is 0 Å². The van der Waals surface area contributed by atoms with Gasteiger partial charge in [0.25, 0.3) is 0 Å². The van der Waals surface area contributed by atoms with Gasteiger partial charge in [-0.25, -0.2) is 13.1 Å². The van der Waals surface area contributed by atoms with E-state index in [0.717, 1.165) is 25.9 Å². The summed E-state index contributed by atoms with van der Waals surface area (Å²) in [6, 6.07) is 0. The summed E-state index contributed by atoms with van der Waals surface area (Å²) in [5, 5.41) is 7.35. The van der Waals surface area contributed by atoms with Gasteiger partial charge in [-0.3, -0.25) is 4.68 Å². The van der Waals surface area contributed by atoms with Gasteiger partial charge >= 0.3 is 0 Å². The van der Waals surface area contributed by atoms with E-state index < -0.39 is 10.0 Å². The van der Waals surface area contributed by atoms with Crippen LogP contribution in [0.1, 0.15) is 26.7 Å². The molecule has 0 aromatic carbocycles. The second-order valence-corrected chi connectivity index (χ2v) is 7.28. The van der Waals surface area contributed by atoms with Gasteiger partial charge in [0.05, 0.1) is 12.7 Å². The Morgan fingerprint density at radius 2 is 2.20 bits per heavy atom. The van der Waals surface area contributed by atoms with E-state index in [1.165, 1.54) is 6.20 Å². The SMILES string of the molecule is CCCNCCn1cc(S(=O)(=O)NCC2CC2C)cn1. The molecule has 0 bridgehead atoms. The average molecular weight is 300 g/mol. The molecule has 1 aromatic heterocycles. The highest BCUT2D eigenvalue weighted by Crippen LogP contribution is 2.37. The number of hydrogen-bond donors (Lipinski definition) is 2. The van der Waals surface area contributed by atoms with E-state index in [4.69, 9.17) is 0 Å². The Kier molecular flexibility index (Phi) is 5.17. The van der Waals surface area contributed by atoms with Crippen LogP contribution in [0.3, 0.4) is 0 Å². The van der Waals surface area contributed by atoms with Crippen molar-refractivity contribution >= 4 is 10.0 Å². The molecule has 2 N–H and O–H groups in total. The summed E-state index contributed by atoms with van der Waals surface area (Å²) in [6.07, 6.45) is 5.21. The highest BCUT2D eigenvalue weighted by atomic mass is 32.2. The molecule has 2 unspecified atom stereocenters. The zero-order valence-corrected chi connectivity index (χ0v) is 13.0. The zero-order chi connectivity index (χ0) is 14.6.